The summed E-state index contributed by atoms with van der Waals surface area (Å²) >= 11 is 1.29. The van der Waals surface area contributed by atoms with Gasteiger partial charge in [-0.05, 0) is 44.5 Å². The number of rotatable bonds is 3. The molecule has 0 amide bonds. The molecule has 1 aromatic heterocycles. The quantitative estimate of drug-likeness (QED) is 0.907. The Kier molecular flexibility index (Phi) is 3.38. The zero-order valence-corrected chi connectivity index (χ0v) is 10.8. The van der Waals surface area contributed by atoms with Crippen LogP contribution in [0.4, 0.5) is 9.52 Å². The molecule has 90 valence electrons. The molecule has 1 heterocycles. The average Bonchev–Trinajstić information content (AvgIpc) is 2.63. The predicted octanol–water partition coefficient (Wildman–Crippen LogP) is 3.47. The Bertz CT molecular complexity index is 502. The molecule has 0 radical (unpaired) electrons. The van der Waals surface area contributed by atoms with E-state index in [-0.39, 0.29) is 5.82 Å². The van der Waals surface area contributed by atoms with Crippen molar-refractivity contribution in [2.45, 2.75) is 26.8 Å². The average molecular weight is 251 g/mol. The Hall–Kier alpha value is -1.49. The van der Waals surface area contributed by atoms with E-state index >= 15 is 0 Å². The normalized spacial score (nSPS) is 10.9. The highest BCUT2D eigenvalue weighted by Gasteiger charge is 2.08. The fourth-order valence-corrected chi connectivity index (χ4v) is 2.25. The summed E-state index contributed by atoms with van der Waals surface area (Å²) in [5.74, 6) is 0.314. The van der Waals surface area contributed by atoms with Crippen molar-refractivity contribution in [3.8, 4) is 11.4 Å². The van der Waals surface area contributed by atoms with Crippen molar-refractivity contribution in [3.63, 3.8) is 0 Å². The van der Waals surface area contributed by atoms with Crippen molar-refractivity contribution < 1.29 is 4.39 Å². The number of nitrogens with zero attached hydrogens (tertiary/aromatic N) is 2. The molecule has 0 atom stereocenters. The molecule has 0 bridgehead atoms. The van der Waals surface area contributed by atoms with E-state index in [0.717, 1.165) is 16.3 Å². The number of hydrogen-bond donors (Lipinski definition) is 1. The monoisotopic (exact) mass is 251 g/mol. The third-order valence-electron chi connectivity index (χ3n) is 2.14. The minimum absolute atomic E-state index is 0.256. The van der Waals surface area contributed by atoms with Gasteiger partial charge < -0.3 is 5.32 Å². The molecule has 3 nitrogen and oxygen atoms in total. The molecular formula is C12H14FN3S. The smallest absolute Gasteiger partial charge is 0.203 e. The van der Waals surface area contributed by atoms with Crippen LogP contribution < -0.4 is 5.32 Å². The molecule has 0 aliphatic carbocycles. The van der Waals surface area contributed by atoms with Crippen LogP contribution in [0.15, 0.2) is 18.2 Å². The molecule has 0 unspecified atom stereocenters. The maximum absolute atomic E-state index is 13.3. The van der Waals surface area contributed by atoms with Crippen LogP contribution in [-0.2, 0) is 0 Å². The van der Waals surface area contributed by atoms with Crippen LogP contribution in [0.3, 0.4) is 0 Å². The number of anilines is 1. The zero-order valence-electron chi connectivity index (χ0n) is 9.99. The van der Waals surface area contributed by atoms with Crippen molar-refractivity contribution in [1.29, 1.82) is 0 Å². The van der Waals surface area contributed by atoms with Gasteiger partial charge in [0, 0.05) is 23.1 Å². The van der Waals surface area contributed by atoms with Crippen LogP contribution in [0.1, 0.15) is 19.4 Å². The SMILES string of the molecule is Cc1cc(F)cc(-c2nsc(NC(C)C)n2)c1. The van der Waals surface area contributed by atoms with E-state index in [2.05, 4.69) is 14.7 Å². The van der Waals surface area contributed by atoms with Crippen molar-refractivity contribution in [3.05, 3.63) is 29.6 Å². The Labute approximate surface area is 104 Å². The van der Waals surface area contributed by atoms with Gasteiger partial charge in [0.2, 0.25) is 5.13 Å². The van der Waals surface area contributed by atoms with E-state index in [1.165, 1.54) is 23.7 Å². The van der Waals surface area contributed by atoms with E-state index in [9.17, 15) is 4.39 Å². The molecule has 2 aromatic rings. The van der Waals surface area contributed by atoms with Gasteiger partial charge in [-0.3, -0.25) is 0 Å². The van der Waals surface area contributed by atoms with Crippen molar-refractivity contribution in [1.82, 2.24) is 9.36 Å². The first-order valence-corrected chi connectivity index (χ1v) is 6.20. The summed E-state index contributed by atoms with van der Waals surface area (Å²) in [4.78, 5) is 4.33. The summed E-state index contributed by atoms with van der Waals surface area (Å²) < 4.78 is 17.5. The van der Waals surface area contributed by atoms with Gasteiger partial charge in [-0.2, -0.15) is 9.36 Å². The summed E-state index contributed by atoms with van der Waals surface area (Å²) in [7, 11) is 0. The molecule has 1 aromatic carbocycles. The molecule has 0 aliphatic heterocycles. The van der Waals surface area contributed by atoms with Crippen LogP contribution >= 0.6 is 11.5 Å². The first-order valence-electron chi connectivity index (χ1n) is 5.42. The van der Waals surface area contributed by atoms with Crippen LogP contribution in [0, 0.1) is 12.7 Å². The van der Waals surface area contributed by atoms with Gasteiger partial charge in [-0.25, -0.2) is 4.39 Å². The Morgan fingerprint density at radius 1 is 1.29 bits per heavy atom. The third-order valence-corrected chi connectivity index (χ3v) is 2.78. The summed E-state index contributed by atoms with van der Waals surface area (Å²) in [5, 5.41) is 3.94. The summed E-state index contributed by atoms with van der Waals surface area (Å²) in [5.41, 5.74) is 1.59. The number of benzene rings is 1. The van der Waals surface area contributed by atoms with Gasteiger partial charge >= 0.3 is 0 Å². The van der Waals surface area contributed by atoms with Gasteiger partial charge in [0.25, 0.3) is 0 Å². The van der Waals surface area contributed by atoms with Gasteiger partial charge in [-0.15, -0.1) is 0 Å². The molecule has 17 heavy (non-hydrogen) atoms. The number of hydrogen-bond acceptors (Lipinski definition) is 4. The third kappa shape index (κ3) is 3.00. The molecule has 2 rings (SSSR count). The highest BCUT2D eigenvalue weighted by atomic mass is 32.1. The molecule has 0 saturated heterocycles. The highest BCUT2D eigenvalue weighted by Crippen LogP contribution is 2.23. The fourth-order valence-electron chi connectivity index (χ4n) is 1.51. The van der Waals surface area contributed by atoms with Crippen molar-refractivity contribution >= 4 is 16.7 Å². The molecule has 1 N–H and O–H groups in total. The van der Waals surface area contributed by atoms with E-state index < -0.39 is 0 Å². The number of aromatic nitrogens is 2. The topological polar surface area (TPSA) is 37.8 Å². The maximum atomic E-state index is 13.3. The first-order chi connectivity index (χ1) is 8.04. The van der Waals surface area contributed by atoms with Crippen LogP contribution in [0.5, 0.6) is 0 Å². The maximum Gasteiger partial charge on any atom is 0.203 e. The summed E-state index contributed by atoms with van der Waals surface area (Å²) in [6.45, 7) is 5.92. The second-order valence-electron chi connectivity index (χ2n) is 4.24. The van der Waals surface area contributed by atoms with E-state index in [1.54, 1.807) is 0 Å². The molecule has 0 fully saturated rings. The van der Waals surface area contributed by atoms with Crippen LogP contribution in [0.25, 0.3) is 11.4 Å². The Balaban J connectivity index is 2.30. The van der Waals surface area contributed by atoms with Crippen LogP contribution in [0.2, 0.25) is 0 Å². The first kappa shape index (κ1) is 12.0. The number of nitrogens with one attached hydrogen (secondary N) is 1. The van der Waals surface area contributed by atoms with E-state index in [0.29, 0.717) is 11.9 Å². The molecular weight excluding hydrogens is 237 g/mol. The number of halogens is 1. The van der Waals surface area contributed by atoms with Gasteiger partial charge in [-0.1, -0.05) is 0 Å². The highest BCUT2D eigenvalue weighted by molar-refractivity contribution is 7.09. The molecule has 0 spiro atoms. The lowest BCUT2D eigenvalue weighted by Gasteiger charge is -2.03. The van der Waals surface area contributed by atoms with Crippen molar-refractivity contribution in [2.75, 3.05) is 5.32 Å². The van der Waals surface area contributed by atoms with E-state index in [4.69, 9.17) is 0 Å². The van der Waals surface area contributed by atoms with Crippen molar-refractivity contribution in [2.24, 2.45) is 0 Å². The second kappa shape index (κ2) is 4.79. The lowest BCUT2D eigenvalue weighted by molar-refractivity contribution is 0.627. The predicted molar refractivity (Wildman–Crippen MR) is 68.8 cm³/mol. The molecule has 0 saturated carbocycles. The Morgan fingerprint density at radius 3 is 2.71 bits per heavy atom. The molecule has 0 aliphatic rings. The molecule has 5 heteroatoms. The minimum atomic E-state index is -0.256. The Morgan fingerprint density at radius 2 is 2.06 bits per heavy atom. The van der Waals surface area contributed by atoms with E-state index in [1.807, 2.05) is 26.8 Å². The summed E-state index contributed by atoms with van der Waals surface area (Å²) in [6, 6.07) is 5.13. The van der Waals surface area contributed by atoms with Gasteiger partial charge in [0.05, 0.1) is 0 Å². The standard InChI is InChI=1S/C12H14FN3S/c1-7(2)14-12-15-11(16-17-12)9-4-8(3)5-10(13)6-9/h4-7H,1-3H3,(H,14,15,16). The van der Waals surface area contributed by atoms with Gasteiger partial charge in [0.15, 0.2) is 5.82 Å². The lowest BCUT2D eigenvalue weighted by Crippen LogP contribution is -2.08. The fraction of sp³-hybridized carbons (Fsp3) is 0.333. The van der Waals surface area contributed by atoms with Gasteiger partial charge in [0.1, 0.15) is 5.82 Å². The second-order valence-corrected chi connectivity index (χ2v) is 4.99. The largest absolute Gasteiger partial charge is 0.358 e. The van der Waals surface area contributed by atoms with Crippen LogP contribution in [-0.4, -0.2) is 15.4 Å². The summed E-state index contributed by atoms with van der Waals surface area (Å²) in [6.07, 6.45) is 0. The minimum Gasteiger partial charge on any atom is -0.358 e. The lowest BCUT2D eigenvalue weighted by atomic mass is 10.1. The zero-order chi connectivity index (χ0) is 12.4. The number of aryl methyl sites for hydroxylation is 1.